The van der Waals surface area contributed by atoms with Gasteiger partial charge in [0, 0.05) is 36.8 Å². The van der Waals surface area contributed by atoms with E-state index in [0.29, 0.717) is 27.9 Å². The van der Waals surface area contributed by atoms with Gasteiger partial charge in [0.1, 0.15) is 5.82 Å². The highest BCUT2D eigenvalue weighted by Crippen LogP contribution is 2.43. The maximum atomic E-state index is 13.9. The van der Waals surface area contributed by atoms with E-state index in [4.69, 9.17) is 4.74 Å². The van der Waals surface area contributed by atoms with Crippen molar-refractivity contribution in [1.29, 1.82) is 0 Å². The van der Waals surface area contributed by atoms with Gasteiger partial charge < -0.3 is 19.6 Å². The van der Waals surface area contributed by atoms with Crippen LogP contribution < -0.4 is 4.90 Å². The molecule has 0 radical (unpaired) electrons. The van der Waals surface area contributed by atoms with Gasteiger partial charge in [0.2, 0.25) is 0 Å². The molecule has 3 aromatic rings. The number of fused-ring (bicyclic) bond motifs is 1. The maximum absolute atomic E-state index is 13.9. The van der Waals surface area contributed by atoms with Crippen LogP contribution in [0.1, 0.15) is 81.0 Å². The van der Waals surface area contributed by atoms with Gasteiger partial charge in [0.25, 0.3) is 11.8 Å². The number of carbonyl (C=O) groups excluding carboxylic acids is 2. The van der Waals surface area contributed by atoms with Gasteiger partial charge in [-0.15, -0.1) is 0 Å². The zero-order valence-corrected chi connectivity index (χ0v) is 24.0. The molecule has 0 bridgehead atoms. The minimum absolute atomic E-state index is 0.224. The molecule has 210 valence electrons. The van der Waals surface area contributed by atoms with E-state index < -0.39 is 23.5 Å². The van der Waals surface area contributed by atoms with Crippen molar-refractivity contribution < 1.29 is 28.6 Å². The number of ether oxygens (including phenoxy) is 1. The summed E-state index contributed by atoms with van der Waals surface area (Å²) in [6.07, 6.45) is -1.36. The molecule has 1 aliphatic rings. The first-order valence-electron chi connectivity index (χ1n) is 13.1. The van der Waals surface area contributed by atoms with Gasteiger partial charge in [0.05, 0.1) is 11.3 Å². The Kier molecular flexibility index (Phi) is 7.85. The smallest absolute Gasteiger partial charge is 0.337 e. The number of amides is 2. The van der Waals surface area contributed by atoms with Gasteiger partial charge in [-0.3, -0.25) is 9.59 Å². The van der Waals surface area contributed by atoms with Crippen molar-refractivity contribution >= 4 is 23.5 Å². The number of rotatable bonds is 6. The Hall–Kier alpha value is -4.04. The number of benzene rings is 3. The van der Waals surface area contributed by atoms with E-state index in [1.54, 1.807) is 57.8 Å². The molecule has 0 aliphatic carbocycles. The van der Waals surface area contributed by atoms with Crippen LogP contribution in [0.15, 0.2) is 48.5 Å². The molecule has 1 aliphatic heterocycles. The summed E-state index contributed by atoms with van der Waals surface area (Å²) in [5.41, 5.74) is 4.71. The van der Waals surface area contributed by atoms with Crippen LogP contribution in [-0.4, -0.2) is 40.4 Å². The zero-order chi connectivity index (χ0) is 29.5. The van der Waals surface area contributed by atoms with Gasteiger partial charge in [-0.05, 0) is 94.1 Å². The second-order valence-corrected chi connectivity index (χ2v) is 11.3. The van der Waals surface area contributed by atoms with E-state index in [0.717, 1.165) is 16.7 Å². The van der Waals surface area contributed by atoms with Gasteiger partial charge in [-0.1, -0.05) is 23.8 Å². The van der Waals surface area contributed by atoms with Crippen LogP contribution in [0.3, 0.4) is 0 Å². The van der Waals surface area contributed by atoms with Crippen molar-refractivity contribution in [2.45, 2.75) is 66.3 Å². The molecule has 1 N–H and O–H groups in total. The van der Waals surface area contributed by atoms with Crippen LogP contribution in [0.25, 0.3) is 0 Å². The van der Waals surface area contributed by atoms with E-state index in [9.17, 15) is 23.9 Å². The number of carboxylic acid groups (broad SMARTS) is 1. The van der Waals surface area contributed by atoms with Gasteiger partial charge in [0.15, 0.2) is 6.10 Å². The molecule has 1 atom stereocenters. The molecule has 2 amide bonds. The monoisotopic (exact) mass is 546 g/mol. The summed E-state index contributed by atoms with van der Waals surface area (Å²) in [5, 5.41) is 10.3. The van der Waals surface area contributed by atoms with E-state index in [-0.39, 0.29) is 30.5 Å². The molecule has 0 unspecified atom stereocenters. The minimum Gasteiger partial charge on any atom is -0.479 e. The SMILES string of the molecule is Cc1ccc(C(=O)N(C)c2c(C)c3c(c(C)c2[C@H](OC(C)(C)C)C(=O)O)CN(C(=O)c2cccc(F)c2)C3)cc1. The van der Waals surface area contributed by atoms with Crippen LogP contribution in [0.4, 0.5) is 10.1 Å². The average Bonchev–Trinajstić information content (AvgIpc) is 3.34. The van der Waals surface area contributed by atoms with Crippen LogP contribution in [0.5, 0.6) is 0 Å². The Labute approximate surface area is 234 Å². The van der Waals surface area contributed by atoms with Crippen LogP contribution in [0, 0.1) is 26.6 Å². The Balaban J connectivity index is 1.88. The van der Waals surface area contributed by atoms with Crippen molar-refractivity contribution in [3.63, 3.8) is 0 Å². The lowest BCUT2D eigenvalue weighted by Crippen LogP contribution is -2.33. The number of carbonyl (C=O) groups is 3. The van der Waals surface area contributed by atoms with E-state index >= 15 is 0 Å². The summed E-state index contributed by atoms with van der Waals surface area (Å²) in [5.74, 6) is -2.31. The lowest BCUT2D eigenvalue weighted by atomic mass is 9.88. The molecule has 8 heteroatoms. The van der Waals surface area contributed by atoms with Gasteiger partial charge in [-0.2, -0.15) is 0 Å². The number of aliphatic carboxylic acids is 1. The molecule has 40 heavy (non-hydrogen) atoms. The zero-order valence-electron chi connectivity index (χ0n) is 24.0. The van der Waals surface area contributed by atoms with Crippen molar-refractivity contribution in [3.05, 3.63) is 98.9 Å². The molecule has 4 rings (SSSR count). The Morgan fingerprint density at radius 2 is 1.55 bits per heavy atom. The number of aryl methyl sites for hydroxylation is 1. The highest BCUT2D eigenvalue weighted by molar-refractivity contribution is 6.07. The lowest BCUT2D eigenvalue weighted by molar-refractivity contribution is -0.160. The Morgan fingerprint density at radius 1 is 0.950 bits per heavy atom. The van der Waals surface area contributed by atoms with E-state index in [2.05, 4.69) is 0 Å². The van der Waals surface area contributed by atoms with Gasteiger partial charge >= 0.3 is 5.97 Å². The summed E-state index contributed by atoms with van der Waals surface area (Å²) >= 11 is 0. The topological polar surface area (TPSA) is 87.2 Å². The molecule has 0 fully saturated rings. The molecular formula is C32H35FN2O5. The number of hydrogen-bond donors (Lipinski definition) is 1. The molecule has 0 saturated heterocycles. The summed E-state index contributed by atoms with van der Waals surface area (Å²) in [7, 11) is 1.63. The Bertz CT molecular complexity index is 1490. The normalized spacial score (nSPS) is 13.7. The number of nitrogens with zero attached hydrogens (tertiary/aromatic N) is 2. The third-order valence-corrected chi connectivity index (χ3v) is 7.24. The van der Waals surface area contributed by atoms with Crippen LogP contribution in [-0.2, 0) is 22.6 Å². The number of carboxylic acids is 1. The van der Waals surface area contributed by atoms with Crippen molar-refractivity contribution in [1.82, 2.24) is 4.90 Å². The minimum atomic E-state index is -1.36. The predicted octanol–water partition coefficient (Wildman–Crippen LogP) is 6.12. The fourth-order valence-corrected chi connectivity index (χ4v) is 5.28. The second-order valence-electron chi connectivity index (χ2n) is 11.3. The summed E-state index contributed by atoms with van der Waals surface area (Å²) in [4.78, 5) is 42.7. The van der Waals surface area contributed by atoms with Crippen LogP contribution >= 0.6 is 0 Å². The average molecular weight is 547 g/mol. The maximum Gasteiger partial charge on any atom is 0.337 e. The highest BCUT2D eigenvalue weighted by Gasteiger charge is 2.38. The molecule has 1 heterocycles. The van der Waals surface area contributed by atoms with Crippen molar-refractivity contribution in [3.8, 4) is 0 Å². The van der Waals surface area contributed by atoms with Crippen LogP contribution in [0.2, 0.25) is 0 Å². The summed E-state index contributed by atoms with van der Waals surface area (Å²) in [6, 6.07) is 12.7. The van der Waals surface area contributed by atoms with E-state index in [1.165, 1.54) is 23.1 Å². The highest BCUT2D eigenvalue weighted by atomic mass is 19.1. The molecule has 0 aromatic heterocycles. The first-order chi connectivity index (χ1) is 18.7. The predicted molar refractivity (Wildman–Crippen MR) is 151 cm³/mol. The number of anilines is 1. The quantitative estimate of drug-likeness (QED) is 0.402. The third-order valence-electron chi connectivity index (χ3n) is 7.24. The molecule has 3 aromatic carbocycles. The third kappa shape index (κ3) is 5.63. The fraction of sp³-hybridized carbons (Fsp3) is 0.344. The van der Waals surface area contributed by atoms with Gasteiger partial charge in [-0.25, -0.2) is 9.18 Å². The molecule has 0 saturated carbocycles. The molecular weight excluding hydrogens is 511 g/mol. The van der Waals surface area contributed by atoms with Crippen molar-refractivity contribution in [2.24, 2.45) is 0 Å². The Morgan fingerprint density at radius 3 is 2.10 bits per heavy atom. The first kappa shape index (κ1) is 29.0. The fourth-order valence-electron chi connectivity index (χ4n) is 5.28. The summed E-state index contributed by atoms with van der Waals surface area (Å²) in [6.45, 7) is 11.4. The molecule has 7 nitrogen and oxygen atoms in total. The standard InChI is InChI=1S/C32H35FN2O5/c1-18-11-13-21(14-12-18)29(36)34(7)27-20(3)25-17-35(30(37)22-9-8-10-23(33)15-22)16-24(25)19(2)26(27)28(31(38)39)40-32(4,5)6/h8-15,28H,16-17H2,1-7H3,(H,38,39)/t28-/m0/s1. The van der Waals surface area contributed by atoms with Crippen molar-refractivity contribution in [2.75, 3.05) is 11.9 Å². The second kappa shape index (κ2) is 10.8. The summed E-state index contributed by atoms with van der Waals surface area (Å²) < 4.78 is 19.9. The van der Waals surface area contributed by atoms with E-state index in [1.807, 2.05) is 26.0 Å². The largest absolute Gasteiger partial charge is 0.479 e. The number of halogens is 1. The first-order valence-corrected chi connectivity index (χ1v) is 13.1. The lowest BCUT2D eigenvalue weighted by Gasteiger charge is -2.32. The number of hydrogen-bond acceptors (Lipinski definition) is 4. The molecule has 0 spiro atoms.